The number of nitrogens with one attached hydrogen (secondary N) is 1. The number of amides is 4. The summed E-state index contributed by atoms with van der Waals surface area (Å²) in [5.74, 6) is 0.801. The Labute approximate surface area is 191 Å². The first-order valence-corrected chi connectivity index (χ1v) is 10.6. The first kappa shape index (κ1) is 22.2. The molecule has 1 saturated heterocycles. The molecule has 2 aliphatic rings. The average Bonchev–Trinajstić information content (AvgIpc) is 3.44. The summed E-state index contributed by atoms with van der Waals surface area (Å²) >= 11 is 0. The average molecular weight is 445 g/mol. The second-order valence-corrected chi connectivity index (χ2v) is 7.88. The molecular formula is C25H23N3O5. The number of fused-ring (bicyclic) bond motifs is 1. The Balaban J connectivity index is 1.64. The number of hydrogen-bond donors (Lipinski definition) is 1. The largest absolute Gasteiger partial charge is 0.376 e. The van der Waals surface area contributed by atoms with Crippen molar-refractivity contribution in [1.29, 1.82) is 0 Å². The number of carbonyl (C=O) groups excluding carboxylic acids is 4. The Hall–Kier alpha value is -3.96. The standard InChI is InChI=1S/C25H23N3O5/c1-3-16-6-4-7-18(12-16)27(15-22(29)26-2)23(30)17-9-10-20-21(13-17)25(32)28(24(20)31)14-19-8-5-11-33-19/h1,4,6-7,9-10,12-13,19H,5,8,11,14-15H2,2H3,(H,26,29). The monoisotopic (exact) mass is 445 g/mol. The molecule has 1 unspecified atom stereocenters. The third-order valence-electron chi connectivity index (χ3n) is 5.78. The molecule has 0 saturated carbocycles. The second-order valence-electron chi connectivity index (χ2n) is 7.88. The van der Waals surface area contributed by atoms with Crippen molar-refractivity contribution in [3.05, 3.63) is 64.7 Å². The molecule has 4 rings (SSSR count). The number of rotatable bonds is 6. The summed E-state index contributed by atoms with van der Waals surface area (Å²) in [6, 6.07) is 11.1. The van der Waals surface area contributed by atoms with Crippen LogP contribution in [0.25, 0.3) is 0 Å². The van der Waals surface area contributed by atoms with Crippen LogP contribution in [0.15, 0.2) is 42.5 Å². The highest BCUT2D eigenvalue weighted by Gasteiger charge is 2.38. The zero-order valence-electron chi connectivity index (χ0n) is 18.2. The Kier molecular flexibility index (Phi) is 6.24. The fraction of sp³-hybridized carbons (Fsp3) is 0.280. The van der Waals surface area contributed by atoms with Gasteiger partial charge in [-0.1, -0.05) is 12.0 Å². The predicted octanol–water partition coefficient (Wildman–Crippen LogP) is 1.84. The molecule has 8 nitrogen and oxygen atoms in total. The quantitative estimate of drug-likeness (QED) is 0.541. The van der Waals surface area contributed by atoms with Gasteiger partial charge in [0.15, 0.2) is 0 Å². The lowest BCUT2D eigenvalue weighted by molar-refractivity contribution is -0.119. The van der Waals surface area contributed by atoms with Crippen molar-refractivity contribution in [3.8, 4) is 12.3 Å². The summed E-state index contributed by atoms with van der Waals surface area (Å²) in [7, 11) is 1.48. The lowest BCUT2D eigenvalue weighted by atomic mass is 10.0. The van der Waals surface area contributed by atoms with Crippen molar-refractivity contribution >= 4 is 29.3 Å². The number of nitrogens with zero attached hydrogens (tertiary/aromatic N) is 2. The number of imide groups is 1. The third kappa shape index (κ3) is 4.36. The van der Waals surface area contributed by atoms with Crippen molar-refractivity contribution in [2.24, 2.45) is 0 Å². The van der Waals surface area contributed by atoms with Gasteiger partial charge in [0, 0.05) is 30.5 Å². The van der Waals surface area contributed by atoms with Crippen LogP contribution in [-0.4, -0.2) is 61.4 Å². The van der Waals surface area contributed by atoms with E-state index < -0.39 is 17.7 Å². The van der Waals surface area contributed by atoms with Crippen LogP contribution < -0.4 is 10.2 Å². The molecule has 0 radical (unpaired) electrons. The molecule has 0 bridgehead atoms. The van der Waals surface area contributed by atoms with Gasteiger partial charge >= 0.3 is 0 Å². The van der Waals surface area contributed by atoms with E-state index in [0.717, 1.165) is 12.8 Å². The Bertz CT molecular complexity index is 1180. The topological polar surface area (TPSA) is 96.0 Å². The Morgan fingerprint density at radius 1 is 1.18 bits per heavy atom. The maximum atomic E-state index is 13.4. The number of carbonyl (C=O) groups is 4. The lowest BCUT2D eigenvalue weighted by Crippen LogP contribution is -2.40. The summed E-state index contributed by atoms with van der Waals surface area (Å²) in [5.41, 5.74) is 1.61. The minimum atomic E-state index is -0.492. The highest BCUT2D eigenvalue weighted by molar-refractivity contribution is 6.22. The normalized spacial score (nSPS) is 17.0. The molecule has 8 heteroatoms. The number of terminal acetylenes is 1. The zero-order chi connectivity index (χ0) is 23.5. The first-order valence-electron chi connectivity index (χ1n) is 10.6. The molecule has 1 atom stereocenters. The Morgan fingerprint density at radius 3 is 2.67 bits per heavy atom. The van der Waals surface area contributed by atoms with E-state index in [2.05, 4.69) is 11.2 Å². The molecule has 0 aromatic heterocycles. The molecular weight excluding hydrogens is 422 g/mol. The summed E-state index contributed by atoms with van der Waals surface area (Å²) < 4.78 is 5.56. The SMILES string of the molecule is C#Cc1cccc(N(CC(=O)NC)C(=O)c2ccc3c(c2)C(=O)N(CC2CCCO2)C3=O)c1. The van der Waals surface area contributed by atoms with E-state index in [1.807, 2.05) is 0 Å². The number of benzene rings is 2. The molecule has 1 fully saturated rings. The summed E-state index contributed by atoms with van der Waals surface area (Å²) in [6.45, 7) is 0.574. The maximum absolute atomic E-state index is 13.4. The summed E-state index contributed by atoms with van der Waals surface area (Å²) in [5, 5.41) is 2.50. The zero-order valence-corrected chi connectivity index (χ0v) is 18.2. The van der Waals surface area contributed by atoms with Crippen molar-refractivity contribution in [3.63, 3.8) is 0 Å². The fourth-order valence-electron chi connectivity index (χ4n) is 4.00. The molecule has 2 heterocycles. The van der Waals surface area contributed by atoms with Crippen LogP contribution in [0.3, 0.4) is 0 Å². The highest BCUT2D eigenvalue weighted by Crippen LogP contribution is 2.27. The van der Waals surface area contributed by atoms with Crippen LogP contribution >= 0.6 is 0 Å². The van der Waals surface area contributed by atoms with Gasteiger partial charge in [0.1, 0.15) is 6.54 Å². The van der Waals surface area contributed by atoms with Crippen molar-refractivity contribution in [1.82, 2.24) is 10.2 Å². The second kappa shape index (κ2) is 9.27. The van der Waals surface area contributed by atoms with Gasteiger partial charge in [0.2, 0.25) is 5.91 Å². The van der Waals surface area contributed by atoms with Crippen molar-refractivity contribution in [2.45, 2.75) is 18.9 Å². The van der Waals surface area contributed by atoms with Crippen LogP contribution in [0.1, 0.15) is 49.5 Å². The molecule has 1 N–H and O–H groups in total. The molecule has 33 heavy (non-hydrogen) atoms. The van der Waals surface area contributed by atoms with Crippen LogP contribution in [0, 0.1) is 12.3 Å². The molecule has 2 aromatic carbocycles. The van der Waals surface area contributed by atoms with Crippen molar-refractivity contribution in [2.75, 3.05) is 31.6 Å². The van der Waals surface area contributed by atoms with E-state index in [4.69, 9.17) is 11.2 Å². The smallest absolute Gasteiger partial charge is 0.261 e. The third-order valence-corrected chi connectivity index (χ3v) is 5.78. The molecule has 0 spiro atoms. The number of ether oxygens (including phenoxy) is 1. The van der Waals surface area contributed by atoms with Gasteiger partial charge in [-0.05, 0) is 49.2 Å². The molecule has 0 aliphatic carbocycles. The minimum Gasteiger partial charge on any atom is -0.376 e. The van der Waals surface area contributed by atoms with Crippen LogP contribution in [0.2, 0.25) is 0 Å². The molecule has 168 valence electrons. The minimum absolute atomic E-state index is 0.167. The van der Waals surface area contributed by atoms with Gasteiger partial charge in [-0.3, -0.25) is 29.0 Å². The van der Waals surface area contributed by atoms with Gasteiger partial charge in [-0.25, -0.2) is 0 Å². The van der Waals surface area contributed by atoms with E-state index >= 15 is 0 Å². The number of likely N-dealkylation sites (N-methyl/N-ethyl adjacent to an activating group) is 1. The highest BCUT2D eigenvalue weighted by atomic mass is 16.5. The van der Waals surface area contributed by atoms with E-state index in [-0.39, 0.29) is 41.8 Å². The van der Waals surface area contributed by atoms with Crippen LogP contribution in [-0.2, 0) is 9.53 Å². The van der Waals surface area contributed by atoms with Gasteiger partial charge < -0.3 is 10.1 Å². The van der Waals surface area contributed by atoms with E-state index in [1.54, 1.807) is 24.3 Å². The van der Waals surface area contributed by atoms with Gasteiger partial charge in [0.05, 0.1) is 23.8 Å². The maximum Gasteiger partial charge on any atom is 0.261 e. The molecule has 2 aliphatic heterocycles. The van der Waals surface area contributed by atoms with E-state index in [9.17, 15) is 19.2 Å². The van der Waals surface area contributed by atoms with Crippen LogP contribution in [0.5, 0.6) is 0 Å². The lowest BCUT2D eigenvalue weighted by Gasteiger charge is -2.22. The summed E-state index contributed by atoms with van der Waals surface area (Å²) in [4.78, 5) is 53.7. The molecule has 4 amide bonds. The molecule has 2 aromatic rings. The van der Waals surface area contributed by atoms with E-state index in [1.165, 1.54) is 35.0 Å². The van der Waals surface area contributed by atoms with Gasteiger partial charge in [0.25, 0.3) is 17.7 Å². The van der Waals surface area contributed by atoms with Crippen molar-refractivity contribution < 1.29 is 23.9 Å². The predicted molar refractivity (Wildman–Crippen MR) is 121 cm³/mol. The fourth-order valence-corrected chi connectivity index (χ4v) is 4.00. The van der Waals surface area contributed by atoms with Gasteiger partial charge in [-0.15, -0.1) is 6.42 Å². The van der Waals surface area contributed by atoms with E-state index in [0.29, 0.717) is 17.9 Å². The van der Waals surface area contributed by atoms with Gasteiger partial charge in [-0.2, -0.15) is 0 Å². The number of anilines is 1. The summed E-state index contributed by atoms with van der Waals surface area (Å²) in [6.07, 6.45) is 7.00. The first-order chi connectivity index (χ1) is 15.9. The van der Waals surface area contributed by atoms with Crippen LogP contribution in [0.4, 0.5) is 5.69 Å². The number of hydrogen-bond acceptors (Lipinski definition) is 5. The Morgan fingerprint density at radius 2 is 1.97 bits per heavy atom.